The Balaban J connectivity index is 1.32. The highest BCUT2D eigenvalue weighted by Gasteiger charge is 2.61. The summed E-state index contributed by atoms with van der Waals surface area (Å²) < 4.78 is 5.79. The first-order chi connectivity index (χ1) is 15.3. The third-order valence-corrected chi connectivity index (χ3v) is 8.27. The summed E-state index contributed by atoms with van der Waals surface area (Å²) in [6.07, 6.45) is 5.14. The largest absolute Gasteiger partial charge is 0.452 e. The number of amides is 1. The molecule has 0 saturated heterocycles. The Morgan fingerprint density at radius 2 is 1.72 bits per heavy atom. The maximum absolute atomic E-state index is 13.5. The van der Waals surface area contributed by atoms with E-state index in [1.165, 1.54) is 12.0 Å². The lowest BCUT2D eigenvalue weighted by molar-refractivity contribution is -0.180. The van der Waals surface area contributed by atoms with Crippen molar-refractivity contribution in [3.05, 3.63) is 64.1 Å². The first-order valence-electron chi connectivity index (χ1n) is 11.3. The van der Waals surface area contributed by atoms with Crippen molar-refractivity contribution >= 4 is 40.8 Å². The Kier molecular flexibility index (Phi) is 5.50. The molecule has 2 aromatic carbocycles. The fourth-order valence-corrected chi connectivity index (χ4v) is 7.25. The van der Waals surface area contributed by atoms with Crippen LogP contribution in [-0.4, -0.2) is 18.0 Å². The number of anilines is 1. The third-order valence-electron chi connectivity index (χ3n) is 7.72. The summed E-state index contributed by atoms with van der Waals surface area (Å²) in [5.41, 5.74) is 1.34. The summed E-state index contributed by atoms with van der Waals surface area (Å²) in [6, 6.07) is 15.5. The van der Waals surface area contributed by atoms with Crippen molar-refractivity contribution in [2.24, 2.45) is 17.3 Å². The number of halogens is 2. The van der Waals surface area contributed by atoms with Crippen molar-refractivity contribution in [3.8, 4) is 0 Å². The molecule has 2 unspecified atom stereocenters. The maximum Gasteiger partial charge on any atom is 0.312 e. The molecule has 4 nitrogen and oxygen atoms in total. The molecular weight excluding hydrogens is 445 g/mol. The van der Waals surface area contributed by atoms with Gasteiger partial charge in [-0.3, -0.25) is 9.59 Å². The highest BCUT2D eigenvalue weighted by atomic mass is 35.5. The average molecular weight is 472 g/mol. The predicted molar refractivity (Wildman–Crippen MR) is 126 cm³/mol. The minimum Gasteiger partial charge on any atom is -0.452 e. The maximum atomic E-state index is 13.5. The molecule has 4 aliphatic rings. The monoisotopic (exact) mass is 471 g/mol. The number of ether oxygens (including phenoxy) is 1. The highest BCUT2D eigenvalue weighted by Crippen LogP contribution is 2.66. The van der Waals surface area contributed by atoms with Crippen molar-refractivity contribution in [2.75, 3.05) is 5.32 Å². The number of nitrogens with one attached hydrogen (secondary N) is 1. The minimum absolute atomic E-state index is 0.0483. The van der Waals surface area contributed by atoms with Crippen LogP contribution in [0.1, 0.15) is 51.0 Å². The van der Waals surface area contributed by atoms with E-state index in [1.54, 1.807) is 25.1 Å². The molecular formula is C26H27Cl2NO3. The van der Waals surface area contributed by atoms with Crippen LogP contribution in [0.25, 0.3) is 0 Å². The number of esters is 1. The summed E-state index contributed by atoms with van der Waals surface area (Å²) in [5.74, 6) is 0.462. The molecule has 6 rings (SSSR count). The molecule has 0 heterocycles. The van der Waals surface area contributed by atoms with Crippen molar-refractivity contribution in [1.82, 2.24) is 0 Å². The normalized spacial score (nSPS) is 31.2. The molecule has 4 aliphatic carbocycles. The molecule has 1 N–H and O–H groups in total. The van der Waals surface area contributed by atoms with Gasteiger partial charge in [0.05, 0.1) is 16.1 Å². The van der Waals surface area contributed by atoms with Gasteiger partial charge >= 0.3 is 5.97 Å². The van der Waals surface area contributed by atoms with Crippen LogP contribution in [0, 0.1) is 17.3 Å². The van der Waals surface area contributed by atoms with Gasteiger partial charge in [-0.2, -0.15) is 0 Å². The molecule has 6 heteroatoms. The lowest BCUT2D eigenvalue weighted by atomic mass is 9.43. The van der Waals surface area contributed by atoms with E-state index in [-0.39, 0.29) is 11.4 Å². The first-order valence-corrected chi connectivity index (χ1v) is 12.1. The minimum atomic E-state index is -0.907. The lowest BCUT2D eigenvalue weighted by Gasteiger charge is -2.61. The second kappa shape index (κ2) is 8.07. The standard InChI is InChI=1S/C26H27Cl2NO3/c1-16(23(30)29-22-8-7-20(27)10-21(22)28)32-24(31)26-13-17-9-18(14-26)12-25(11-17,15-26)19-5-3-2-4-6-19/h2-8,10,16-18H,9,11-15H2,1H3,(H,29,30)/t16-,17-,18+,25?,26?/m0/s1. The van der Waals surface area contributed by atoms with Crippen LogP contribution in [0.4, 0.5) is 5.69 Å². The fraction of sp³-hybridized carbons (Fsp3) is 0.462. The van der Waals surface area contributed by atoms with Crippen LogP contribution in [0.3, 0.4) is 0 Å². The highest BCUT2D eigenvalue weighted by molar-refractivity contribution is 6.36. The van der Waals surface area contributed by atoms with Crippen LogP contribution in [0.5, 0.6) is 0 Å². The smallest absolute Gasteiger partial charge is 0.312 e. The van der Waals surface area contributed by atoms with Gasteiger partial charge < -0.3 is 10.1 Å². The number of carbonyl (C=O) groups excluding carboxylic acids is 2. The summed E-state index contributed by atoms with van der Waals surface area (Å²) in [6.45, 7) is 1.62. The Morgan fingerprint density at radius 3 is 2.38 bits per heavy atom. The zero-order valence-electron chi connectivity index (χ0n) is 18.1. The molecule has 0 spiro atoms. The van der Waals surface area contributed by atoms with Gasteiger partial charge in [0.2, 0.25) is 0 Å². The quantitative estimate of drug-likeness (QED) is 0.513. The van der Waals surface area contributed by atoms with E-state index in [0.29, 0.717) is 27.6 Å². The van der Waals surface area contributed by atoms with E-state index in [2.05, 4.69) is 29.6 Å². The van der Waals surface area contributed by atoms with E-state index in [9.17, 15) is 9.59 Å². The van der Waals surface area contributed by atoms with Crippen molar-refractivity contribution in [1.29, 1.82) is 0 Å². The zero-order chi connectivity index (χ0) is 22.5. The number of benzene rings is 2. The molecule has 2 aromatic rings. The van der Waals surface area contributed by atoms with Gasteiger partial charge in [-0.1, -0.05) is 53.5 Å². The Morgan fingerprint density at radius 1 is 1.03 bits per heavy atom. The van der Waals surface area contributed by atoms with E-state index in [1.807, 2.05) is 6.07 Å². The third kappa shape index (κ3) is 3.82. The van der Waals surface area contributed by atoms with Crippen LogP contribution >= 0.6 is 23.2 Å². The molecule has 5 atom stereocenters. The van der Waals surface area contributed by atoms with Gasteiger partial charge in [-0.15, -0.1) is 0 Å². The molecule has 4 fully saturated rings. The molecule has 32 heavy (non-hydrogen) atoms. The summed E-state index contributed by atoms with van der Waals surface area (Å²) in [5, 5.41) is 3.57. The number of hydrogen-bond donors (Lipinski definition) is 1. The van der Waals surface area contributed by atoms with Crippen molar-refractivity contribution < 1.29 is 14.3 Å². The molecule has 0 aromatic heterocycles. The van der Waals surface area contributed by atoms with E-state index < -0.39 is 17.4 Å². The van der Waals surface area contributed by atoms with Gasteiger partial charge in [0.1, 0.15) is 0 Å². The van der Waals surface area contributed by atoms with Crippen LogP contribution < -0.4 is 5.32 Å². The average Bonchev–Trinajstić information content (AvgIpc) is 2.75. The zero-order valence-corrected chi connectivity index (χ0v) is 19.6. The van der Waals surface area contributed by atoms with Crippen LogP contribution in [0.2, 0.25) is 10.0 Å². The second-order valence-electron chi connectivity index (χ2n) is 10.0. The Bertz CT molecular complexity index is 1040. The molecule has 4 bridgehead atoms. The molecule has 168 valence electrons. The summed E-state index contributed by atoms with van der Waals surface area (Å²) in [4.78, 5) is 26.2. The van der Waals surface area contributed by atoms with Gasteiger partial charge in [-0.05, 0) is 86.5 Å². The summed E-state index contributed by atoms with van der Waals surface area (Å²) in [7, 11) is 0. The second-order valence-corrected chi connectivity index (χ2v) is 10.9. The Labute approximate surface area is 198 Å². The van der Waals surface area contributed by atoms with E-state index >= 15 is 0 Å². The van der Waals surface area contributed by atoms with Crippen molar-refractivity contribution in [2.45, 2.75) is 57.0 Å². The van der Waals surface area contributed by atoms with Gasteiger partial charge in [0.15, 0.2) is 6.10 Å². The van der Waals surface area contributed by atoms with E-state index in [4.69, 9.17) is 27.9 Å². The van der Waals surface area contributed by atoms with Crippen LogP contribution in [-0.2, 0) is 19.7 Å². The summed E-state index contributed by atoms with van der Waals surface area (Å²) >= 11 is 12.1. The van der Waals surface area contributed by atoms with Gasteiger partial charge in [0, 0.05) is 5.02 Å². The van der Waals surface area contributed by atoms with Gasteiger partial charge in [-0.25, -0.2) is 0 Å². The first kappa shape index (κ1) is 21.8. The number of hydrogen-bond acceptors (Lipinski definition) is 3. The van der Waals surface area contributed by atoms with Crippen molar-refractivity contribution in [3.63, 3.8) is 0 Å². The predicted octanol–water partition coefficient (Wildman–Crippen LogP) is 6.40. The van der Waals surface area contributed by atoms with Gasteiger partial charge in [0.25, 0.3) is 5.91 Å². The number of rotatable bonds is 5. The van der Waals surface area contributed by atoms with E-state index in [0.717, 1.165) is 32.1 Å². The van der Waals surface area contributed by atoms with Crippen LogP contribution in [0.15, 0.2) is 48.5 Å². The molecule has 4 saturated carbocycles. The molecule has 1 amide bonds. The lowest BCUT2D eigenvalue weighted by Crippen LogP contribution is -2.57. The number of carbonyl (C=O) groups is 2. The molecule has 0 radical (unpaired) electrons. The molecule has 0 aliphatic heterocycles. The fourth-order valence-electron chi connectivity index (χ4n) is 6.80. The topological polar surface area (TPSA) is 55.4 Å². The Hall–Kier alpha value is -2.04. The SMILES string of the molecule is C[C@H](OC(=O)C12C[C@H]3C[C@@H](C1)CC(c1ccccc1)(C3)C2)C(=O)Nc1ccc(Cl)cc1Cl.